The predicted molar refractivity (Wildman–Crippen MR) is 78.9 cm³/mol. The molecular formula is C14H15Cl2N3. The first-order valence-electron chi connectivity index (χ1n) is 6.45. The Bertz CT molecular complexity index is 574. The Kier molecular flexibility index (Phi) is 3.78. The fourth-order valence-electron chi connectivity index (χ4n) is 2.49. The third-order valence-corrected chi connectivity index (χ3v) is 4.11. The molecule has 0 unspecified atom stereocenters. The Balaban J connectivity index is 1.87. The van der Waals surface area contributed by atoms with E-state index in [0.29, 0.717) is 16.0 Å². The summed E-state index contributed by atoms with van der Waals surface area (Å²) >= 11 is 12.1. The molecule has 19 heavy (non-hydrogen) atoms. The van der Waals surface area contributed by atoms with Gasteiger partial charge in [-0.15, -0.1) is 0 Å². The summed E-state index contributed by atoms with van der Waals surface area (Å²) in [6.45, 7) is 2.14. The van der Waals surface area contributed by atoms with Crippen LogP contribution in [0.15, 0.2) is 24.4 Å². The zero-order valence-electron chi connectivity index (χ0n) is 10.4. The lowest BCUT2D eigenvalue weighted by Crippen LogP contribution is -2.26. The Hall–Kier alpha value is -1.03. The van der Waals surface area contributed by atoms with Gasteiger partial charge in [0.15, 0.2) is 0 Å². The van der Waals surface area contributed by atoms with Crippen LogP contribution in [0.3, 0.4) is 0 Å². The van der Waals surface area contributed by atoms with Gasteiger partial charge in [0, 0.05) is 28.4 Å². The van der Waals surface area contributed by atoms with Crippen molar-refractivity contribution in [3.8, 4) is 11.4 Å². The van der Waals surface area contributed by atoms with Crippen molar-refractivity contribution >= 4 is 23.2 Å². The Morgan fingerprint density at radius 3 is 2.68 bits per heavy atom. The molecule has 3 nitrogen and oxygen atoms in total. The lowest BCUT2D eigenvalue weighted by atomic mass is 9.95. The van der Waals surface area contributed by atoms with Crippen LogP contribution in [0.1, 0.15) is 24.5 Å². The van der Waals surface area contributed by atoms with Crippen LogP contribution in [0.5, 0.6) is 0 Å². The van der Waals surface area contributed by atoms with Gasteiger partial charge in [0.1, 0.15) is 5.82 Å². The molecule has 0 amide bonds. The topological polar surface area (TPSA) is 40.7 Å². The van der Waals surface area contributed by atoms with Gasteiger partial charge in [0.2, 0.25) is 0 Å². The number of aromatic amines is 1. The lowest BCUT2D eigenvalue weighted by molar-refractivity contribution is 0.454. The number of hydrogen-bond donors (Lipinski definition) is 2. The Morgan fingerprint density at radius 1 is 1.16 bits per heavy atom. The van der Waals surface area contributed by atoms with Crippen LogP contribution in [0.4, 0.5) is 0 Å². The monoisotopic (exact) mass is 295 g/mol. The van der Waals surface area contributed by atoms with E-state index in [1.807, 2.05) is 18.3 Å². The summed E-state index contributed by atoms with van der Waals surface area (Å²) in [5.41, 5.74) is 2.09. The van der Waals surface area contributed by atoms with Gasteiger partial charge in [-0.1, -0.05) is 23.2 Å². The van der Waals surface area contributed by atoms with Crippen molar-refractivity contribution in [2.24, 2.45) is 0 Å². The van der Waals surface area contributed by atoms with E-state index < -0.39 is 0 Å². The Morgan fingerprint density at radius 2 is 1.95 bits per heavy atom. The molecular weight excluding hydrogens is 281 g/mol. The predicted octanol–water partition coefficient (Wildman–Crippen LogP) is 3.85. The number of hydrogen-bond acceptors (Lipinski definition) is 2. The van der Waals surface area contributed by atoms with Crippen LogP contribution < -0.4 is 5.32 Å². The first-order valence-corrected chi connectivity index (χ1v) is 7.20. The van der Waals surface area contributed by atoms with Crippen molar-refractivity contribution in [1.82, 2.24) is 15.3 Å². The number of nitrogens with zero attached hydrogens (tertiary/aromatic N) is 1. The minimum absolute atomic E-state index is 0.563. The van der Waals surface area contributed by atoms with Crippen LogP contribution in [0.25, 0.3) is 11.4 Å². The highest BCUT2D eigenvalue weighted by Crippen LogP contribution is 2.30. The molecule has 0 radical (unpaired) electrons. The molecule has 100 valence electrons. The number of piperidine rings is 1. The first kappa shape index (κ1) is 13.0. The van der Waals surface area contributed by atoms with Crippen LogP contribution in [-0.2, 0) is 0 Å². The maximum atomic E-state index is 6.20. The van der Waals surface area contributed by atoms with E-state index in [1.54, 1.807) is 6.07 Å². The van der Waals surface area contributed by atoms with Crippen molar-refractivity contribution in [2.45, 2.75) is 18.8 Å². The van der Waals surface area contributed by atoms with Crippen molar-refractivity contribution in [2.75, 3.05) is 13.1 Å². The summed E-state index contributed by atoms with van der Waals surface area (Å²) < 4.78 is 0. The molecule has 1 aromatic heterocycles. The average molecular weight is 296 g/mol. The zero-order valence-corrected chi connectivity index (χ0v) is 11.9. The molecule has 2 N–H and O–H groups in total. The van der Waals surface area contributed by atoms with Gasteiger partial charge >= 0.3 is 0 Å². The molecule has 2 heterocycles. The minimum atomic E-state index is 0.563. The molecule has 0 atom stereocenters. The maximum absolute atomic E-state index is 6.20. The lowest BCUT2D eigenvalue weighted by Gasteiger charge is -2.21. The molecule has 0 saturated carbocycles. The van der Waals surface area contributed by atoms with Gasteiger partial charge in [0.05, 0.1) is 5.02 Å². The maximum Gasteiger partial charge on any atom is 0.138 e. The molecule has 1 aliphatic heterocycles. The summed E-state index contributed by atoms with van der Waals surface area (Å²) in [5, 5.41) is 4.63. The smallest absolute Gasteiger partial charge is 0.138 e. The van der Waals surface area contributed by atoms with E-state index >= 15 is 0 Å². The third kappa shape index (κ3) is 2.78. The van der Waals surface area contributed by atoms with E-state index in [1.165, 1.54) is 5.69 Å². The molecule has 0 bridgehead atoms. The number of aromatic nitrogens is 2. The molecule has 3 rings (SSSR count). The number of nitrogens with one attached hydrogen (secondary N) is 2. The van der Waals surface area contributed by atoms with Crippen LogP contribution in [-0.4, -0.2) is 23.1 Å². The number of halogens is 2. The highest BCUT2D eigenvalue weighted by Gasteiger charge is 2.18. The van der Waals surface area contributed by atoms with E-state index in [4.69, 9.17) is 23.2 Å². The van der Waals surface area contributed by atoms with Gasteiger partial charge in [-0.2, -0.15) is 0 Å². The normalized spacial score (nSPS) is 16.7. The highest BCUT2D eigenvalue weighted by atomic mass is 35.5. The standard InChI is InChI=1S/C14H15Cl2N3/c15-10-1-2-11(12(16)7-10)14-18-8-13(19-14)9-3-5-17-6-4-9/h1-2,7-9,17H,3-6H2,(H,18,19). The van der Waals surface area contributed by atoms with Crippen LogP contribution >= 0.6 is 23.2 Å². The largest absolute Gasteiger partial charge is 0.342 e. The second kappa shape index (κ2) is 5.53. The van der Waals surface area contributed by atoms with Gasteiger partial charge in [0.25, 0.3) is 0 Å². The summed E-state index contributed by atoms with van der Waals surface area (Å²) in [5.74, 6) is 1.38. The molecule has 5 heteroatoms. The molecule has 0 spiro atoms. The van der Waals surface area contributed by atoms with Gasteiger partial charge in [-0.05, 0) is 44.1 Å². The SMILES string of the molecule is Clc1ccc(-c2ncc(C3CCNCC3)[nH]2)c(Cl)c1. The summed E-state index contributed by atoms with van der Waals surface area (Å²) in [6, 6.07) is 5.47. The molecule has 1 saturated heterocycles. The highest BCUT2D eigenvalue weighted by molar-refractivity contribution is 6.36. The van der Waals surface area contributed by atoms with Crippen molar-refractivity contribution < 1.29 is 0 Å². The van der Waals surface area contributed by atoms with Crippen LogP contribution in [0.2, 0.25) is 10.0 Å². The number of H-pyrrole nitrogens is 1. The van der Waals surface area contributed by atoms with E-state index in [0.717, 1.165) is 37.3 Å². The summed E-state index contributed by atoms with van der Waals surface area (Å²) in [4.78, 5) is 7.84. The first-order chi connectivity index (χ1) is 9.24. The van der Waals surface area contributed by atoms with Crippen molar-refractivity contribution in [3.05, 3.63) is 40.1 Å². The second-order valence-corrected chi connectivity index (χ2v) is 5.68. The zero-order chi connectivity index (χ0) is 13.2. The molecule has 1 aromatic carbocycles. The van der Waals surface area contributed by atoms with Gasteiger partial charge in [-0.25, -0.2) is 4.98 Å². The van der Waals surface area contributed by atoms with Crippen LogP contribution in [0, 0.1) is 0 Å². The molecule has 2 aromatic rings. The third-order valence-electron chi connectivity index (χ3n) is 3.56. The average Bonchev–Trinajstić information content (AvgIpc) is 2.89. The van der Waals surface area contributed by atoms with E-state index in [9.17, 15) is 0 Å². The number of imidazole rings is 1. The molecule has 1 aliphatic rings. The minimum Gasteiger partial charge on any atom is -0.342 e. The van der Waals surface area contributed by atoms with Crippen molar-refractivity contribution in [3.63, 3.8) is 0 Å². The molecule has 0 aliphatic carbocycles. The van der Waals surface area contributed by atoms with Gasteiger partial charge in [-0.3, -0.25) is 0 Å². The second-order valence-electron chi connectivity index (χ2n) is 4.84. The van der Waals surface area contributed by atoms with Gasteiger partial charge < -0.3 is 10.3 Å². The molecule has 1 fully saturated rings. The fraction of sp³-hybridized carbons (Fsp3) is 0.357. The summed E-state index contributed by atoms with van der Waals surface area (Å²) in [7, 11) is 0. The van der Waals surface area contributed by atoms with E-state index in [2.05, 4.69) is 15.3 Å². The summed E-state index contributed by atoms with van der Waals surface area (Å²) in [6.07, 6.45) is 4.22. The Labute approximate surface area is 122 Å². The quantitative estimate of drug-likeness (QED) is 0.883. The fourth-order valence-corrected chi connectivity index (χ4v) is 2.99. The van der Waals surface area contributed by atoms with Crippen molar-refractivity contribution in [1.29, 1.82) is 0 Å². The number of benzene rings is 1. The van der Waals surface area contributed by atoms with E-state index in [-0.39, 0.29) is 0 Å². The number of rotatable bonds is 2.